The van der Waals surface area contributed by atoms with E-state index in [1.165, 1.54) is 4.90 Å². The maximum atomic E-state index is 12.5. The number of fused-ring (bicyclic) bond motifs is 1. The molecule has 0 saturated carbocycles. The molecule has 0 aliphatic rings. The van der Waals surface area contributed by atoms with Crippen molar-refractivity contribution in [3.8, 4) is 0 Å². The van der Waals surface area contributed by atoms with E-state index in [9.17, 15) is 14.4 Å². The van der Waals surface area contributed by atoms with Crippen LogP contribution in [0.25, 0.3) is 10.8 Å². The minimum absolute atomic E-state index is 0.102. The first-order valence-corrected chi connectivity index (χ1v) is 7.01. The van der Waals surface area contributed by atoms with Crippen LogP contribution in [0.15, 0.2) is 35.1 Å². The van der Waals surface area contributed by atoms with Gasteiger partial charge < -0.3 is 15.0 Å². The van der Waals surface area contributed by atoms with Gasteiger partial charge in [0.15, 0.2) is 0 Å². The zero-order chi connectivity index (χ0) is 16.3. The first kappa shape index (κ1) is 15.8. The zero-order valence-electron chi connectivity index (χ0n) is 12.5. The van der Waals surface area contributed by atoms with E-state index in [1.807, 2.05) is 13.8 Å². The molecule has 2 rings (SSSR count). The number of benzene rings is 1. The number of aromatic amines is 1. The van der Waals surface area contributed by atoms with Gasteiger partial charge in [0.25, 0.3) is 11.5 Å². The topological polar surface area (TPSA) is 90.5 Å². The van der Waals surface area contributed by atoms with Gasteiger partial charge >= 0.3 is 5.97 Å². The number of carboxylic acids is 1. The predicted octanol–water partition coefficient (Wildman–Crippen LogP) is 1.71. The Morgan fingerprint density at radius 1 is 1.27 bits per heavy atom. The van der Waals surface area contributed by atoms with Crippen molar-refractivity contribution in [1.82, 2.24) is 9.88 Å². The number of carboxylic acid groups (broad SMARTS) is 1. The van der Waals surface area contributed by atoms with Crippen LogP contribution in [-0.2, 0) is 4.79 Å². The van der Waals surface area contributed by atoms with Crippen LogP contribution in [0.4, 0.5) is 0 Å². The third-order valence-electron chi connectivity index (χ3n) is 3.18. The minimum atomic E-state index is -1.09. The van der Waals surface area contributed by atoms with Crippen molar-refractivity contribution >= 4 is 22.6 Å². The summed E-state index contributed by atoms with van der Waals surface area (Å²) in [5.41, 5.74) is -0.258. The average molecular weight is 302 g/mol. The van der Waals surface area contributed by atoms with Crippen molar-refractivity contribution in [2.24, 2.45) is 5.92 Å². The highest BCUT2D eigenvalue weighted by Gasteiger charge is 2.20. The highest BCUT2D eigenvalue weighted by molar-refractivity contribution is 5.97. The Balaban J connectivity index is 2.41. The van der Waals surface area contributed by atoms with Crippen LogP contribution in [-0.4, -0.2) is 40.0 Å². The smallest absolute Gasteiger partial charge is 0.323 e. The number of rotatable bonds is 5. The summed E-state index contributed by atoms with van der Waals surface area (Å²) >= 11 is 0. The van der Waals surface area contributed by atoms with Crippen LogP contribution in [0.1, 0.15) is 24.3 Å². The van der Waals surface area contributed by atoms with E-state index in [-0.39, 0.29) is 17.2 Å². The Kier molecular flexibility index (Phi) is 4.60. The van der Waals surface area contributed by atoms with Gasteiger partial charge in [-0.05, 0) is 23.4 Å². The van der Waals surface area contributed by atoms with Crippen LogP contribution in [0.2, 0.25) is 0 Å². The van der Waals surface area contributed by atoms with E-state index in [0.29, 0.717) is 17.3 Å². The lowest BCUT2D eigenvalue weighted by molar-refractivity contribution is -0.137. The van der Waals surface area contributed by atoms with Gasteiger partial charge in [-0.3, -0.25) is 14.4 Å². The fourth-order valence-electron chi connectivity index (χ4n) is 2.32. The van der Waals surface area contributed by atoms with Gasteiger partial charge in [-0.15, -0.1) is 0 Å². The summed E-state index contributed by atoms with van der Waals surface area (Å²) in [6.45, 7) is 3.70. The van der Waals surface area contributed by atoms with E-state index in [0.717, 1.165) is 0 Å². The van der Waals surface area contributed by atoms with Crippen molar-refractivity contribution in [3.63, 3.8) is 0 Å². The lowest BCUT2D eigenvalue weighted by Crippen LogP contribution is -2.39. The Hall–Kier alpha value is -2.63. The molecule has 1 amide bonds. The van der Waals surface area contributed by atoms with Crippen molar-refractivity contribution in [1.29, 1.82) is 0 Å². The van der Waals surface area contributed by atoms with E-state index < -0.39 is 18.4 Å². The van der Waals surface area contributed by atoms with Crippen molar-refractivity contribution in [2.75, 3.05) is 13.1 Å². The molecule has 0 aliphatic heterocycles. The van der Waals surface area contributed by atoms with Crippen molar-refractivity contribution in [3.05, 3.63) is 46.4 Å². The quantitative estimate of drug-likeness (QED) is 0.879. The molecule has 0 spiro atoms. The largest absolute Gasteiger partial charge is 0.480 e. The number of amides is 1. The summed E-state index contributed by atoms with van der Waals surface area (Å²) in [5.74, 6) is -1.45. The summed E-state index contributed by atoms with van der Waals surface area (Å²) in [6.07, 6.45) is 0. The number of hydrogen-bond acceptors (Lipinski definition) is 3. The van der Waals surface area contributed by atoms with Gasteiger partial charge in [0.1, 0.15) is 12.2 Å². The number of aromatic nitrogens is 1. The Morgan fingerprint density at radius 2 is 1.95 bits per heavy atom. The predicted molar refractivity (Wildman–Crippen MR) is 82.9 cm³/mol. The second-order valence-corrected chi connectivity index (χ2v) is 5.57. The Labute approximate surface area is 127 Å². The second kappa shape index (κ2) is 6.43. The van der Waals surface area contributed by atoms with Crippen LogP contribution in [0, 0.1) is 5.92 Å². The molecular weight excluding hydrogens is 284 g/mol. The normalized spacial score (nSPS) is 10.9. The monoisotopic (exact) mass is 302 g/mol. The van der Waals surface area contributed by atoms with Crippen molar-refractivity contribution in [2.45, 2.75) is 13.8 Å². The molecule has 1 heterocycles. The Morgan fingerprint density at radius 3 is 2.59 bits per heavy atom. The molecule has 2 N–H and O–H groups in total. The number of pyridine rings is 1. The first-order valence-electron chi connectivity index (χ1n) is 7.01. The van der Waals surface area contributed by atoms with Gasteiger partial charge in [-0.2, -0.15) is 0 Å². The molecule has 0 aliphatic carbocycles. The molecule has 0 bridgehead atoms. The number of carbonyl (C=O) groups is 2. The number of hydrogen-bond donors (Lipinski definition) is 2. The van der Waals surface area contributed by atoms with E-state index in [4.69, 9.17) is 5.11 Å². The maximum absolute atomic E-state index is 12.5. The number of nitrogens with zero attached hydrogens (tertiary/aromatic N) is 1. The summed E-state index contributed by atoms with van der Waals surface area (Å²) in [6, 6.07) is 8.51. The molecule has 116 valence electrons. The molecule has 1 aromatic carbocycles. The molecule has 1 aromatic heterocycles. The standard InChI is InChI=1S/C16H18N2O4/c1-10(2)8-18(9-14(19)20)16(22)13-7-11-5-3-4-6-12(11)15(21)17-13/h3-7,10H,8-9H2,1-2H3,(H,17,21)(H,19,20). The number of nitrogens with one attached hydrogen (secondary N) is 1. The van der Waals surface area contributed by atoms with Gasteiger partial charge in [0.05, 0.1) is 0 Å². The summed E-state index contributed by atoms with van der Waals surface area (Å²) < 4.78 is 0. The maximum Gasteiger partial charge on any atom is 0.323 e. The average Bonchev–Trinajstić information content (AvgIpc) is 2.44. The molecule has 0 atom stereocenters. The Bertz CT molecular complexity index is 764. The fraction of sp³-hybridized carbons (Fsp3) is 0.312. The number of aliphatic carboxylic acids is 1. The van der Waals surface area contributed by atoms with Crippen LogP contribution < -0.4 is 5.56 Å². The van der Waals surface area contributed by atoms with Gasteiger partial charge in [0.2, 0.25) is 0 Å². The van der Waals surface area contributed by atoms with Crippen LogP contribution in [0.3, 0.4) is 0 Å². The third kappa shape index (κ3) is 3.52. The lowest BCUT2D eigenvalue weighted by Gasteiger charge is -2.22. The molecule has 0 radical (unpaired) electrons. The molecule has 0 unspecified atom stereocenters. The zero-order valence-corrected chi connectivity index (χ0v) is 12.5. The van der Waals surface area contributed by atoms with E-state index in [2.05, 4.69) is 4.98 Å². The van der Waals surface area contributed by atoms with Crippen LogP contribution in [0.5, 0.6) is 0 Å². The van der Waals surface area contributed by atoms with E-state index in [1.54, 1.807) is 30.3 Å². The highest BCUT2D eigenvalue weighted by Crippen LogP contribution is 2.12. The summed E-state index contributed by atoms with van der Waals surface area (Å²) in [7, 11) is 0. The molecular formula is C16H18N2O4. The highest BCUT2D eigenvalue weighted by atomic mass is 16.4. The first-order chi connectivity index (χ1) is 10.4. The fourth-order valence-corrected chi connectivity index (χ4v) is 2.32. The van der Waals surface area contributed by atoms with Crippen LogP contribution >= 0.6 is 0 Å². The second-order valence-electron chi connectivity index (χ2n) is 5.57. The van der Waals surface area contributed by atoms with Gasteiger partial charge in [-0.1, -0.05) is 32.0 Å². The molecule has 2 aromatic rings. The van der Waals surface area contributed by atoms with Gasteiger partial charge in [-0.25, -0.2) is 0 Å². The van der Waals surface area contributed by atoms with Crippen molar-refractivity contribution < 1.29 is 14.7 Å². The lowest BCUT2D eigenvalue weighted by atomic mass is 10.1. The molecule has 22 heavy (non-hydrogen) atoms. The third-order valence-corrected chi connectivity index (χ3v) is 3.18. The molecule has 0 fully saturated rings. The van der Waals surface area contributed by atoms with Gasteiger partial charge in [0, 0.05) is 11.9 Å². The molecule has 0 saturated heterocycles. The minimum Gasteiger partial charge on any atom is -0.480 e. The summed E-state index contributed by atoms with van der Waals surface area (Å²) in [4.78, 5) is 39.2. The molecule has 6 nitrogen and oxygen atoms in total. The molecule has 6 heteroatoms. The number of H-pyrrole nitrogens is 1. The van der Waals surface area contributed by atoms with E-state index >= 15 is 0 Å². The summed E-state index contributed by atoms with van der Waals surface area (Å²) in [5, 5.41) is 10.1. The SMILES string of the molecule is CC(C)CN(CC(=O)O)C(=O)c1cc2ccccc2c(=O)[nH]1. The number of carbonyl (C=O) groups excluding carboxylic acids is 1.